The summed E-state index contributed by atoms with van der Waals surface area (Å²) in [6.45, 7) is 3.89. The zero-order valence-corrected chi connectivity index (χ0v) is 11.1. The molecule has 2 rings (SSSR count). The van der Waals surface area contributed by atoms with Crippen molar-refractivity contribution in [1.82, 2.24) is 0 Å². The zero-order valence-electron chi connectivity index (χ0n) is 11.1. The van der Waals surface area contributed by atoms with Gasteiger partial charge in [-0.15, -0.1) is 0 Å². The lowest BCUT2D eigenvalue weighted by molar-refractivity contribution is 0.190. The number of aryl methyl sites for hydroxylation is 1. The maximum absolute atomic E-state index is 13.2. The van der Waals surface area contributed by atoms with Crippen molar-refractivity contribution in [3.8, 4) is 5.75 Å². The molecule has 0 aromatic heterocycles. The number of ether oxygens (including phenoxy) is 1. The van der Waals surface area contributed by atoms with Gasteiger partial charge in [0.1, 0.15) is 18.2 Å². The summed E-state index contributed by atoms with van der Waals surface area (Å²) in [7, 11) is 0. The van der Waals surface area contributed by atoms with Crippen LogP contribution in [0, 0.1) is 12.7 Å². The molecule has 0 heterocycles. The van der Waals surface area contributed by atoms with Crippen molar-refractivity contribution in [2.45, 2.75) is 26.6 Å². The number of aliphatic hydroxyl groups excluding tert-OH is 1. The molecule has 0 saturated heterocycles. The van der Waals surface area contributed by atoms with E-state index >= 15 is 0 Å². The summed E-state index contributed by atoms with van der Waals surface area (Å²) in [5.41, 5.74) is 2.52. The van der Waals surface area contributed by atoms with Crippen LogP contribution >= 0.6 is 0 Å². The van der Waals surface area contributed by atoms with E-state index in [4.69, 9.17) is 4.74 Å². The average molecular weight is 260 g/mol. The highest BCUT2D eigenvalue weighted by Gasteiger charge is 2.09. The molecule has 1 atom stereocenters. The Hall–Kier alpha value is -1.87. The normalized spacial score (nSPS) is 12.2. The van der Waals surface area contributed by atoms with Crippen LogP contribution in [0.5, 0.6) is 5.75 Å². The van der Waals surface area contributed by atoms with Crippen LogP contribution in [0.15, 0.2) is 42.5 Å². The Labute approximate surface area is 112 Å². The minimum absolute atomic E-state index is 0.270. The van der Waals surface area contributed by atoms with Crippen molar-refractivity contribution in [2.75, 3.05) is 0 Å². The molecular weight excluding hydrogens is 243 g/mol. The fraction of sp³-hybridized carbons (Fsp3) is 0.250. The van der Waals surface area contributed by atoms with Crippen LogP contribution in [0.25, 0.3) is 0 Å². The van der Waals surface area contributed by atoms with Crippen LogP contribution in [0.3, 0.4) is 0 Å². The molecule has 19 heavy (non-hydrogen) atoms. The molecule has 0 aliphatic heterocycles. The number of benzene rings is 2. The van der Waals surface area contributed by atoms with Crippen LogP contribution in [-0.4, -0.2) is 5.11 Å². The Kier molecular flexibility index (Phi) is 4.17. The minimum atomic E-state index is -0.593. The molecule has 2 aromatic rings. The van der Waals surface area contributed by atoms with Gasteiger partial charge in [0, 0.05) is 5.56 Å². The van der Waals surface area contributed by atoms with Crippen LogP contribution < -0.4 is 4.74 Å². The van der Waals surface area contributed by atoms with E-state index in [0.717, 1.165) is 16.7 Å². The van der Waals surface area contributed by atoms with Gasteiger partial charge in [0.25, 0.3) is 0 Å². The Morgan fingerprint density at radius 2 is 1.95 bits per heavy atom. The maximum Gasteiger partial charge on any atom is 0.125 e. The average Bonchev–Trinajstić information content (AvgIpc) is 2.40. The van der Waals surface area contributed by atoms with Crippen molar-refractivity contribution in [3.63, 3.8) is 0 Å². The zero-order chi connectivity index (χ0) is 13.8. The molecule has 0 fully saturated rings. The molecule has 2 aromatic carbocycles. The standard InChI is InChI=1S/C16H17FO2/c1-11-7-8-14(17)9-13(11)10-19-16-6-4-3-5-15(16)12(2)18/h3-9,12,18H,10H2,1-2H3. The molecule has 3 heteroatoms. The molecule has 0 aliphatic carbocycles. The Balaban J connectivity index is 2.17. The summed E-state index contributed by atoms with van der Waals surface area (Å²) in [6, 6.07) is 12.0. The number of rotatable bonds is 4. The predicted molar refractivity (Wildman–Crippen MR) is 72.5 cm³/mol. The molecule has 0 amide bonds. The molecule has 0 saturated carbocycles. The predicted octanol–water partition coefficient (Wildman–Crippen LogP) is 3.77. The molecular formula is C16H17FO2. The van der Waals surface area contributed by atoms with Crippen LogP contribution in [0.2, 0.25) is 0 Å². The quantitative estimate of drug-likeness (QED) is 0.906. The van der Waals surface area contributed by atoms with Crippen molar-refractivity contribution in [1.29, 1.82) is 0 Å². The van der Waals surface area contributed by atoms with Crippen LogP contribution in [0.4, 0.5) is 4.39 Å². The van der Waals surface area contributed by atoms with E-state index in [1.54, 1.807) is 19.1 Å². The number of hydrogen-bond donors (Lipinski definition) is 1. The van der Waals surface area contributed by atoms with Gasteiger partial charge >= 0.3 is 0 Å². The Morgan fingerprint density at radius 1 is 1.21 bits per heavy atom. The van der Waals surface area contributed by atoms with E-state index in [-0.39, 0.29) is 12.4 Å². The second-order valence-electron chi connectivity index (χ2n) is 4.57. The third-order valence-electron chi connectivity index (χ3n) is 3.06. The first-order valence-corrected chi connectivity index (χ1v) is 6.22. The number of hydrogen-bond acceptors (Lipinski definition) is 2. The topological polar surface area (TPSA) is 29.5 Å². The van der Waals surface area contributed by atoms with Crippen molar-refractivity contribution in [2.24, 2.45) is 0 Å². The fourth-order valence-electron chi connectivity index (χ4n) is 1.91. The summed E-state index contributed by atoms with van der Waals surface area (Å²) in [5.74, 6) is 0.356. The first-order valence-electron chi connectivity index (χ1n) is 6.22. The third kappa shape index (κ3) is 3.32. The molecule has 0 spiro atoms. The van der Waals surface area contributed by atoms with Gasteiger partial charge in [-0.25, -0.2) is 4.39 Å². The molecule has 0 radical (unpaired) electrons. The molecule has 1 unspecified atom stereocenters. The van der Waals surface area contributed by atoms with Crippen LogP contribution in [-0.2, 0) is 6.61 Å². The number of halogens is 1. The van der Waals surface area contributed by atoms with E-state index < -0.39 is 6.10 Å². The van der Waals surface area contributed by atoms with E-state index in [1.807, 2.05) is 25.1 Å². The first kappa shape index (κ1) is 13.6. The monoisotopic (exact) mass is 260 g/mol. The van der Waals surface area contributed by atoms with Gasteiger partial charge in [0.05, 0.1) is 6.10 Å². The van der Waals surface area contributed by atoms with E-state index in [1.165, 1.54) is 12.1 Å². The molecule has 2 nitrogen and oxygen atoms in total. The smallest absolute Gasteiger partial charge is 0.125 e. The van der Waals surface area contributed by atoms with Crippen LogP contribution in [0.1, 0.15) is 29.7 Å². The Morgan fingerprint density at radius 3 is 2.68 bits per heavy atom. The van der Waals surface area contributed by atoms with Crippen molar-refractivity contribution >= 4 is 0 Å². The maximum atomic E-state index is 13.2. The second kappa shape index (κ2) is 5.85. The lowest BCUT2D eigenvalue weighted by atomic mass is 10.1. The third-order valence-corrected chi connectivity index (χ3v) is 3.06. The lowest BCUT2D eigenvalue weighted by Crippen LogP contribution is -2.02. The van der Waals surface area contributed by atoms with Crippen molar-refractivity contribution in [3.05, 3.63) is 65.0 Å². The summed E-state index contributed by atoms with van der Waals surface area (Å²) in [4.78, 5) is 0. The highest BCUT2D eigenvalue weighted by Crippen LogP contribution is 2.25. The number of aliphatic hydroxyl groups is 1. The molecule has 1 N–H and O–H groups in total. The summed E-state index contributed by atoms with van der Waals surface area (Å²) in [5, 5.41) is 9.66. The minimum Gasteiger partial charge on any atom is -0.489 e. The molecule has 0 aliphatic rings. The highest BCUT2D eigenvalue weighted by atomic mass is 19.1. The van der Waals surface area contributed by atoms with E-state index in [0.29, 0.717) is 5.75 Å². The van der Waals surface area contributed by atoms with Gasteiger partial charge in [-0.2, -0.15) is 0 Å². The summed E-state index contributed by atoms with van der Waals surface area (Å²) >= 11 is 0. The summed E-state index contributed by atoms with van der Waals surface area (Å²) < 4.78 is 18.9. The second-order valence-corrected chi connectivity index (χ2v) is 4.57. The van der Waals surface area contributed by atoms with Gasteiger partial charge in [-0.05, 0) is 43.2 Å². The molecule has 100 valence electrons. The lowest BCUT2D eigenvalue weighted by Gasteiger charge is -2.14. The van der Waals surface area contributed by atoms with E-state index in [9.17, 15) is 9.50 Å². The van der Waals surface area contributed by atoms with Gasteiger partial charge in [-0.3, -0.25) is 0 Å². The Bertz CT molecular complexity index is 564. The van der Waals surface area contributed by atoms with Gasteiger partial charge < -0.3 is 9.84 Å². The van der Waals surface area contributed by atoms with Crippen molar-refractivity contribution < 1.29 is 14.2 Å². The largest absolute Gasteiger partial charge is 0.489 e. The van der Waals surface area contributed by atoms with Gasteiger partial charge in [0.15, 0.2) is 0 Å². The fourth-order valence-corrected chi connectivity index (χ4v) is 1.91. The van der Waals surface area contributed by atoms with Gasteiger partial charge in [-0.1, -0.05) is 24.3 Å². The SMILES string of the molecule is Cc1ccc(F)cc1COc1ccccc1C(C)O. The van der Waals surface area contributed by atoms with E-state index in [2.05, 4.69) is 0 Å². The first-order chi connectivity index (χ1) is 9.08. The highest BCUT2D eigenvalue weighted by molar-refractivity contribution is 5.35. The summed E-state index contributed by atoms with van der Waals surface area (Å²) in [6.07, 6.45) is -0.593. The van der Waals surface area contributed by atoms with Gasteiger partial charge in [0.2, 0.25) is 0 Å². The molecule has 0 bridgehead atoms. The number of para-hydroxylation sites is 1.